The van der Waals surface area contributed by atoms with Crippen molar-refractivity contribution in [2.45, 2.75) is 36.6 Å². The van der Waals surface area contributed by atoms with Crippen molar-refractivity contribution in [3.63, 3.8) is 0 Å². The molecule has 0 atom stereocenters. The Morgan fingerprint density at radius 3 is 2.29 bits per heavy atom. The SMILES string of the molecule is COC(=O)/C=C/c1cc(OC)c(OC)c(S(=O)(=O)NC2CCN(C(=O)C3CC3)CC2)c1. The summed E-state index contributed by atoms with van der Waals surface area (Å²) in [6.45, 7) is 1.07. The van der Waals surface area contributed by atoms with Crippen molar-refractivity contribution < 1.29 is 32.2 Å². The second-order valence-electron chi connectivity index (χ2n) is 7.61. The topological polar surface area (TPSA) is 111 Å². The Hall–Kier alpha value is -2.59. The zero-order valence-electron chi connectivity index (χ0n) is 17.9. The molecule has 1 heterocycles. The molecule has 9 nitrogen and oxygen atoms in total. The number of sulfonamides is 1. The summed E-state index contributed by atoms with van der Waals surface area (Å²) in [5, 5.41) is 0. The van der Waals surface area contributed by atoms with Crippen LogP contribution in [0.3, 0.4) is 0 Å². The molecule has 0 spiro atoms. The minimum Gasteiger partial charge on any atom is -0.493 e. The fourth-order valence-corrected chi connectivity index (χ4v) is 5.09. The van der Waals surface area contributed by atoms with Gasteiger partial charge in [0.05, 0.1) is 21.3 Å². The van der Waals surface area contributed by atoms with Crippen molar-refractivity contribution in [2.24, 2.45) is 5.92 Å². The van der Waals surface area contributed by atoms with E-state index in [4.69, 9.17) is 9.47 Å². The first-order valence-corrected chi connectivity index (χ1v) is 11.6. The van der Waals surface area contributed by atoms with Crippen LogP contribution >= 0.6 is 0 Å². The van der Waals surface area contributed by atoms with Crippen molar-refractivity contribution in [3.8, 4) is 11.5 Å². The molecule has 1 aliphatic carbocycles. The van der Waals surface area contributed by atoms with Crippen LogP contribution in [0.4, 0.5) is 0 Å². The highest BCUT2D eigenvalue weighted by atomic mass is 32.2. The fraction of sp³-hybridized carbons (Fsp3) is 0.524. The van der Waals surface area contributed by atoms with Crippen molar-refractivity contribution in [1.29, 1.82) is 0 Å². The molecule has 1 saturated heterocycles. The Labute approximate surface area is 182 Å². The molecule has 1 saturated carbocycles. The first-order valence-electron chi connectivity index (χ1n) is 10.1. The molecule has 170 valence electrons. The minimum atomic E-state index is -3.95. The molecule has 1 aliphatic heterocycles. The number of methoxy groups -OCH3 is 3. The van der Waals surface area contributed by atoms with Crippen LogP contribution in [0.2, 0.25) is 0 Å². The molecular formula is C21H28N2O7S. The number of nitrogens with one attached hydrogen (secondary N) is 1. The van der Waals surface area contributed by atoms with Gasteiger partial charge < -0.3 is 19.1 Å². The van der Waals surface area contributed by atoms with Crippen LogP contribution in [0.1, 0.15) is 31.2 Å². The lowest BCUT2D eigenvalue weighted by molar-refractivity contribution is -0.135. The van der Waals surface area contributed by atoms with Crippen molar-refractivity contribution in [3.05, 3.63) is 23.8 Å². The number of hydrogen-bond donors (Lipinski definition) is 1. The largest absolute Gasteiger partial charge is 0.493 e. The van der Waals surface area contributed by atoms with Gasteiger partial charge in [0, 0.05) is 31.1 Å². The number of rotatable bonds is 8. The van der Waals surface area contributed by atoms with E-state index in [1.165, 1.54) is 39.5 Å². The van der Waals surface area contributed by atoms with E-state index in [9.17, 15) is 18.0 Å². The second kappa shape index (κ2) is 9.69. The third-order valence-corrected chi connectivity index (χ3v) is 6.95. The maximum Gasteiger partial charge on any atom is 0.330 e. The van der Waals surface area contributed by atoms with Gasteiger partial charge in [-0.15, -0.1) is 0 Å². The Kier molecular flexibility index (Phi) is 7.22. The quantitative estimate of drug-likeness (QED) is 0.471. The van der Waals surface area contributed by atoms with Gasteiger partial charge >= 0.3 is 5.97 Å². The van der Waals surface area contributed by atoms with Gasteiger partial charge in [0.15, 0.2) is 11.5 Å². The van der Waals surface area contributed by atoms with E-state index >= 15 is 0 Å². The van der Waals surface area contributed by atoms with Crippen LogP contribution < -0.4 is 14.2 Å². The smallest absolute Gasteiger partial charge is 0.330 e. The lowest BCUT2D eigenvalue weighted by Crippen LogP contribution is -2.46. The number of hydrogen-bond acceptors (Lipinski definition) is 7. The van der Waals surface area contributed by atoms with Gasteiger partial charge in [-0.2, -0.15) is 0 Å². The predicted octanol–water partition coefficient (Wildman–Crippen LogP) is 1.57. The van der Waals surface area contributed by atoms with Crippen LogP contribution in [-0.4, -0.2) is 65.7 Å². The zero-order valence-corrected chi connectivity index (χ0v) is 18.7. The van der Waals surface area contributed by atoms with Gasteiger partial charge in [-0.1, -0.05) is 0 Å². The van der Waals surface area contributed by atoms with Crippen LogP contribution in [0.25, 0.3) is 6.08 Å². The molecule has 0 aromatic heterocycles. The molecule has 1 aromatic carbocycles. The highest BCUT2D eigenvalue weighted by Gasteiger charge is 2.36. The summed E-state index contributed by atoms with van der Waals surface area (Å²) in [6, 6.07) is 2.69. The van der Waals surface area contributed by atoms with Crippen LogP contribution in [0.5, 0.6) is 11.5 Å². The molecule has 1 amide bonds. The number of esters is 1. The summed E-state index contributed by atoms with van der Waals surface area (Å²) in [6.07, 6.45) is 5.62. The molecule has 3 rings (SSSR count). The number of nitrogens with zero attached hydrogens (tertiary/aromatic N) is 1. The predicted molar refractivity (Wildman–Crippen MR) is 113 cm³/mol. The van der Waals surface area contributed by atoms with E-state index in [0.29, 0.717) is 31.5 Å². The molecule has 1 aromatic rings. The highest BCUT2D eigenvalue weighted by molar-refractivity contribution is 7.89. The number of likely N-dealkylation sites (tertiary alicyclic amines) is 1. The lowest BCUT2D eigenvalue weighted by Gasteiger charge is -2.32. The number of benzene rings is 1. The van der Waals surface area contributed by atoms with E-state index in [1.54, 1.807) is 6.07 Å². The maximum atomic E-state index is 13.2. The first kappa shape index (κ1) is 23.1. The molecule has 0 unspecified atom stereocenters. The standard InChI is InChI=1S/C21H28N2O7S/c1-28-17-12-14(4-7-19(24)29-2)13-18(20(17)30-3)31(26,27)22-16-8-10-23(11-9-16)21(25)15-5-6-15/h4,7,12-13,15-16,22H,5-6,8-11H2,1-3H3/b7-4+. The average Bonchev–Trinajstić information content (AvgIpc) is 3.61. The van der Waals surface area contributed by atoms with Crippen molar-refractivity contribution >= 4 is 28.0 Å². The number of amides is 1. The summed E-state index contributed by atoms with van der Waals surface area (Å²) in [4.78, 5) is 25.4. The van der Waals surface area contributed by atoms with Gasteiger partial charge in [0.1, 0.15) is 4.90 Å². The van der Waals surface area contributed by atoms with Crippen LogP contribution in [0, 0.1) is 5.92 Å². The van der Waals surface area contributed by atoms with Crippen LogP contribution in [0.15, 0.2) is 23.1 Å². The van der Waals surface area contributed by atoms with E-state index in [1.807, 2.05) is 4.90 Å². The summed E-state index contributed by atoms with van der Waals surface area (Å²) in [7, 11) is 0.0712. The minimum absolute atomic E-state index is 0.0755. The summed E-state index contributed by atoms with van der Waals surface area (Å²) >= 11 is 0. The molecular weight excluding hydrogens is 424 g/mol. The van der Waals surface area contributed by atoms with Gasteiger partial charge in [-0.05, 0) is 49.5 Å². The maximum absolute atomic E-state index is 13.2. The molecule has 1 N–H and O–H groups in total. The van der Waals surface area contributed by atoms with Gasteiger partial charge in [0.25, 0.3) is 0 Å². The van der Waals surface area contributed by atoms with E-state index in [0.717, 1.165) is 12.8 Å². The van der Waals surface area contributed by atoms with Crippen molar-refractivity contribution in [2.75, 3.05) is 34.4 Å². The summed E-state index contributed by atoms with van der Waals surface area (Å²) in [5.41, 5.74) is 0.438. The molecule has 2 fully saturated rings. The second-order valence-corrected chi connectivity index (χ2v) is 9.29. The van der Waals surface area contributed by atoms with E-state index in [-0.39, 0.29) is 34.3 Å². The van der Waals surface area contributed by atoms with E-state index in [2.05, 4.69) is 9.46 Å². The Morgan fingerprint density at radius 1 is 1.06 bits per heavy atom. The van der Waals surface area contributed by atoms with Gasteiger partial charge in [-0.25, -0.2) is 17.9 Å². The van der Waals surface area contributed by atoms with Crippen molar-refractivity contribution in [1.82, 2.24) is 9.62 Å². The van der Waals surface area contributed by atoms with Gasteiger partial charge in [0.2, 0.25) is 15.9 Å². The molecule has 0 bridgehead atoms. The summed E-state index contributed by atoms with van der Waals surface area (Å²) < 4.78 is 44.3. The Morgan fingerprint density at radius 2 is 1.74 bits per heavy atom. The number of carbonyl (C=O) groups is 2. The normalized spacial score (nSPS) is 17.6. The van der Waals surface area contributed by atoms with Crippen LogP contribution in [-0.2, 0) is 24.3 Å². The number of carbonyl (C=O) groups excluding carboxylic acids is 2. The average molecular weight is 453 g/mol. The molecule has 10 heteroatoms. The number of piperidine rings is 1. The third kappa shape index (κ3) is 5.56. The monoisotopic (exact) mass is 452 g/mol. The Bertz CT molecular complexity index is 962. The third-order valence-electron chi connectivity index (χ3n) is 5.42. The molecule has 0 radical (unpaired) electrons. The lowest BCUT2D eigenvalue weighted by atomic mass is 10.1. The Balaban J connectivity index is 1.79. The fourth-order valence-electron chi connectivity index (χ4n) is 3.57. The zero-order chi connectivity index (χ0) is 22.6. The highest BCUT2D eigenvalue weighted by Crippen LogP contribution is 2.36. The number of ether oxygens (including phenoxy) is 3. The summed E-state index contributed by atoms with van der Waals surface area (Å²) in [5.74, 6) is 0.0692. The molecule has 2 aliphatic rings. The first-order chi connectivity index (χ1) is 14.8. The van der Waals surface area contributed by atoms with Gasteiger partial charge in [-0.3, -0.25) is 4.79 Å². The molecule has 31 heavy (non-hydrogen) atoms. The van der Waals surface area contributed by atoms with E-state index < -0.39 is 16.0 Å².